The lowest BCUT2D eigenvalue weighted by Gasteiger charge is -2.54. The molecule has 0 saturated carbocycles. The molecule has 3 aliphatic rings. The van der Waals surface area contributed by atoms with Crippen molar-refractivity contribution in [3.05, 3.63) is 29.3 Å². The van der Waals surface area contributed by atoms with Gasteiger partial charge in [-0.1, -0.05) is 0 Å². The second kappa shape index (κ2) is 11.1. The molecule has 230 valence electrons. The molecule has 1 atom stereocenters. The van der Waals surface area contributed by atoms with Crippen LogP contribution in [0.25, 0.3) is 0 Å². The maximum Gasteiger partial charge on any atom is 0.434 e. The van der Waals surface area contributed by atoms with E-state index in [1.165, 1.54) is 0 Å². The summed E-state index contributed by atoms with van der Waals surface area (Å²) in [6, 6.07) is 3.63. The summed E-state index contributed by atoms with van der Waals surface area (Å²) in [5.74, 6) is -1.69. The van der Waals surface area contributed by atoms with E-state index in [0.717, 1.165) is 17.0 Å². The van der Waals surface area contributed by atoms with E-state index in [9.17, 15) is 54.2 Å². The van der Waals surface area contributed by atoms with Gasteiger partial charge in [0, 0.05) is 51.5 Å². The van der Waals surface area contributed by atoms with Gasteiger partial charge in [0.05, 0.1) is 11.5 Å². The van der Waals surface area contributed by atoms with E-state index in [-0.39, 0.29) is 50.1 Å². The molecular formula is C25H28F9N3O4. The van der Waals surface area contributed by atoms with E-state index in [1.807, 2.05) is 4.90 Å². The van der Waals surface area contributed by atoms with Gasteiger partial charge < -0.3 is 19.6 Å². The fourth-order valence-corrected chi connectivity index (χ4v) is 5.77. The molecule has 1 aromatic carbocycles. The van der Waals surface area contributed by atoms with Crippen molar-refractivity contribution in [2.24, 2.45) is 11.3 Å². The Morgan fingerprint density at radius 1 is 0.951 bits per heavy atom. The van der Waals surface area contributed by atoms with Gasteiger partial charge in [0.1, 0.15) is 0 Å². The van der Waals surface area contributed by atoms with Crippen LogP contribution < -0.4 is 4.90 Å². The Morgan fingerprint density at radius 2 is 1.56 bits per heavy atom. The summed E-state index contributed by atoms with van der Waals surface area (Å²) in [6.07, 6.45) is -20.7. The first-order valence-electron chi connectivity index (χ1n) is 12.9. The molecule has 0 unspecified atom stereocenters. The molecule has 0 radical (unpaired) electrons. The number of carboxylic acid groups (broad SMARTS) is 1. The number of ether oxygens (including phenoxy) is 1. The molecule has 0 bridgehead atoms. The fraction of sp³-hybridized carbons (Fsp3) is 0.680. The van der Waals surface area contributed by atoms with Crippen molar-refractivity contribution in [1.82, 2.24) is 9.80 Å². The van der Waals surface area contributed by atoms with Gasteiger partial charge in [-0.3, -0.25) is 9.69 Å². The molecule has 41 heavy (non-hydrogen) atoms. The van der Waals surface area contributed by atoms with Gasteiger partial charge in [0.25, 0.3) is 6.10 Å². The molecule has 3 heterocycles. The number of aliphatic carboxylic acids is 1. The van der Waals surface area contributed by atoms with Gasteiger partial charge in [0.2, 0.25) is 0 Å². The molecule has 16 heteroatoms. The maximum atomic E-state index is 13.7. The quantitative estimate of drug-likeness (QED) is 0.445. The van der Waals surface area contributed by atoms with E-state index in [4.69, 9.17) is 0 Å². The number of likely N-dealkylation sites (tertiary alicyclic amines) is 2. The number of benzene rings is 1. The molecule has 1 amide bonds. The number of carbonyl (C=O) groups is 2. The number of rotatable bonds is 5. The highest BCUT2D eigenvalue weighted by Crippen LogP contribution is 2.43. The molecule has 4 rings (SSSR count). The number of carboxylic acids is 1. The van der Waals surface area contributed by atoms with Gasteiger partial charge in [-0.15, -0.1) is 0 Å². The zero-order valence-electron chi connectivity index (χ0n) is 21.6. The highest BCUT2D eigenvalue weighted by atomic mass is 19.4. The molecule has 0 aliphatic carbocycles. The summed E-state index contributed by atoms with van der Waals surface area (Å²) in [5, 5.41) is 9.34. The van der Waals surface area contributed by atoms with Gasteiger partial charge >= 0.3 is 30.6 Å². The monoisotopic (exact) mass is 605 g/mol. The molecular weight excluding hydrogens is 577 g/mol. The Labute approximate surface area is 228 Å². The topological polar surface area (TPSA) is 73.3 Å². The van der Waals surface area contributed by atoms with Crippen LogP contribution in [-0.2, 0) is 22.3 Å². The van der Waals surface area contributed by atoms with Gasteiger partial charge in [-0.05, 0) is 54.9 Å². The number of amides is 1. The minimum Gasteiger partial charge on any atom is -0.481 e. The molecule has 7 nitrogen and oxygen atoms in total. The fourth-order valence-electron chi connectivity index (χ4n) is 5.77. The number of halogens is 9. The average Bonchev–Trinajstić information content (AvgIpc) is 2.84. The van der Waals surface area contributed by atoms with Crippen molar-refractivity contribution in [2.75, 3.05) is 44.2 Å². The minimum absolute atomic E-state index is 0.0918. The zero-order chi connectivity index (χ0) is 30.4. The number of alkyl halides is 9. The maximum absolute atomic E-state index is 13.7. The molecule has 3 saturated heterocycles. The van der Waals surface area contributed by atoms with Crippen LogP contribution in [-0.4, -0.2) is 84.7 Å². The van der Waals surface area contributed by atoms with Crippen molar-refractivity contribution in [3.63, 3.8) is 0 Å². The minimum atomic E-state index is -5.81. The van der Waals surface area contributed by atoms with Crippen LogP contribution in [0.5, 0.6) is 0 Å². The molecule has 0 aromatic heterocycles. The first-order chi connectivity index (χ1) is 18.9. The lowest BCUT2D eigenvalue weighted by molar-refractivity contribution is -0.308. The first-order valence-corrected chi connectivity index (χ1v) is 12.9. The van der Waals surface area contributed by atoms with Crippen LogP contribution in [0.15, 0.2) is 18.2 Å². The Hall–Kier alpha value is -2.91. The standard InChI is InChI=1S/C25H28F9N3O4/c26-23(27,28)17-8-15(9-18(10-17)37-5-1-2-16(12-37)19(38)39)11-35-13-22(14-35)3-6-36(7-4-22)21(40)41-20(24(29,30)31)25(32,33)34/h8-10,16,20H,1-7,11-14H2,(H,38,39)/t16-/m1/s1. The zero-order valence-corrected chi connectivity index (χ0v) is 21.6. The van der Waals surface area contributed by atoms with Crippen molar-refractivity contribution < 1.29 is 58.9 Å². The third-order valence-corrected chi connectivity index (χ3v) is 7.86. The third-order valence-electron chi connectivity index (χ3n) is 7.86. The van der Waals surface area contributed by atoms with E-state index in [0.29, 0.717) is 38.0 Å². The van der Waals surface area contributed by atoms with Crippen molar-refractivity contribution in [1.29, 1.82) is 0 Å². The smallest absolute Gasteiger partial charge is 0.434 e. The van der Waals surface area contributed by atoms with Crippen molar-refractivity contribution in [3.8, 4) is 0 Å². The number of hydrogen-bond acceptors (Lipinski definition) is 5. The largest absolute Gasteiger partial charge is 0.481 e. The number of nitrogens with zero attached hydrogens (tertiary/aromatic N) is 3. The van der Waals surface area contributed by atoms with E-state index < -0.39 is 48.2 Å². The second-order valence-electron chi connectivity index (χ2n) is 11.0. The molecule has 1 aromatic rings. The molecule has 1 N–H and O–H groups in total. The van der Waals surface area contributed by atoms with Crippen molar-refractivity contribution in [2.45, 2.75) is 56.9 Å². The number of carbonyl (C=O) groups excluding carboxylic acids is 1. The highest BCUT2D eigenvalue weighted by molar-refractivity contribution is 5.71. The van der Waals surface area contributed by atoms with Crippen LogP contribution >= 0.6 is 0 Å². The third kappa shape index (κ3) is 7.30. The molecule has 1 spiro atoms. The Balaban J connectivity index is 1.36. The van der Waals surface area contributed by atoms with Crippen LogP contribution in [0.3, 0.4) is 0 Å². The summed E-state index contributed by atoms with van der Waals surface area (Å²) in [6.45, 7) is 1.25. The predicted molar refractivity (Wildman–Crippen MR) is 125 cm³/mol. The summed E-state index contributed by atoms with van der Waals surface area (Å²) in [5.41, 5.74) is -0.594. The average molecular weight is 605 g/mol. The molecule has 3 fully saturated rings. The normalized spacial score (nSPS) is 22.1. The second-order valence-corrected chi connectivity index (χ2v) is 11.0. The lowest BCUT2D eigenvalue weighted by atomic mass is 9.72. The van der Waals surface area contributed by atoms with Gasteiger partial charge in [-0.25, -0.2) is 4.79 Å². The van der Waals surface area contributed by atoms with Gasteiger partial charge in [0.15, 0.2) is 0 Å². The van der Waals surface area contributed by atoms with Crippen LogP contribution in [0, 0.1) is 11.3 Å². The molecule has 3 aliphatic heterocycles. The Morgan fingerprint density at radius 3 is 2.10 bits per heavy atom. The lowest BCUT2D eigenvalue weighted by Crippen LogP contribution is -2.60. The van der Waals surface area contributed by atoms with Gasteiger partial charge in [-0.2, -0.15) is 39.5 Å². The summed E-state index contributed by atoms with van der Waals surface area (Å²) < 4.78 is 121. The summed E-state index contributed by atoms with van der Waals surface area (Å²) >= 11 is 0. The highest BCUT2D eigenvalue weighted by Gasteiger charge is 2.60. The van der Waals surface area contributed by atoms with E-state index in [2.05, 4.69) is 4.74 Å². The van der Waals surface area contributed by atoms with Crippen LogP contribution in [0.4, 0.5) is 50.0 Å². The van der Waals surface area contributed by atoms with Crippen LogP contribution in [0.2, 0.25) is 0 Å². The van der Waals surface area contributed by atoms with E-state index in [1.54, 1.807) is 11.0 Å². The SMILES string of the molecule is O=C(O)[C@@H]1CCCN(c2cc(CN3CC4(CCN(C(=O)OC(C(F)(F)F)C(F)(F)F)CC4)C3)cc(C(F)(F)F)c2)C1. The summed E-state index contributed by atoms with van der Waals surface area (Å²) in [7, 11) is 0. The summed E-state index contributed by atoms with van der Waals surface area (Å²) in [4.78, 5) is 27.7. The van der Waals surface area contributed by atoms with Crippen molar-refractivity contribution >= 4 is 17.7 Å². The number of anilines is 1. The number of piperidine rings is 2. The van der Waals surface area contributed by atoms with E-state index >= 15 is 0 Å². The first kappa shape index (κ1) is 31.0. The Kier molecular flexibility index (Phi) is 8.37. The Bertz CT molecular complexity index is 1110. The number of hydrogen-bond donors (Lipinski definition) is 1. The predicted octanol–water partition coefficient (Wildman–Crippen LogP) is 5.53. The van der Waals surface area contributed by atoms with Crippen LogP contribution in [0.1, 0.15) is 36.8 Å².